The normalized spacial score (nSPS) is 24.0. The molecule has 0 saturated carbocycles. The Labute approximate surface area is 164 Å². The van der Waals surface area contributed by atoms with Crippen LogP contribution >= 0.6 is 0 Å². The smallest absolute Gasteiger partial charge is 0.211 e. The molecule has 0 spiro atoms. The van der Waals surface area contributed by atoms with Crippen LogP contribution in [0.15, 0.2) is 23.2 Å². The van der Waals surface area contributed by atoms with E-state index in [1.807, 2.05) is 0 Å². The number of halogens is 2. The van der Waals surface area contributed by atoms with Crippen molar-refractivity contribution >= 4 is 21.7 Å². The molecule has 28 heavy (non-hydrogen) atoms. The molecule has 1 unspecified atom stereocenters. The number of anilines is 1. The maximum absolute atomic E-state index is 14.0. The molecule has 7 nitrogen and oxygen atoms in total. The minimum absolute atomic E-state index is 0.00416. The summed E-state index contributed by atoms with van der Waals surface area (Å²) in [5, 5.41) is 6.45. The van der Waals surface area contributed by atoms with Crippen LogP contribution in [-0.2, 0) is 10.0 Å². The van der Waals surface area contributed by atoms with Gasteiger partial charge in [-0.2, -0.15) is 4.31 Å². The molecular weight excluding hydrogens is 388 g/mol. The zero-order chi connectivity index (χ0) is 20.3. The van der Waals surface area contributed by atoms with Crippen molar-refractivity contribution in [3.05, 3.63) is 29.8 Å². The van der Waals surface area contributed by atoms with Gasteiger partial charge in [-0.1, -0.05) is 6.07 Å². The second-order valence-electron chi connectivity index (χ2n) is 7.27. The minimum Gasteiger partial charge on any atom is -0.365 e. The zero-order valence-electron chi connectivity index (χ0n) is 16.2. The number of aliphatic imine (C=N–C) groups is 1. The van der Waals surface area contributed by atoms with Crippen molar-refractivity contribution in [1.29, 1.82) is 0 Å². The Morgan fingerprint density at radius 2 is 1.96 bits per heavy atom. The molecule has 0 bridgehead atoms. The lowest BCUT2D eigenvalue weighted by Crippen LogP contribution is -2.49. The summed E-state index contributed by atoms with van der Waals surface area (Å²) in [6.07, 6.45) is 3.60. The fourth-order valence-electron chi connectivity index (χ4n) is 3.92. The molecule has 156 valence electrons. The van der Waals surface area contributed by atoms with E-state index in [-0.39, 0.29) is 17.8 Å². The van der Waals surface area contributed by atoms with E-state index in [0.717, 1.165) is 12.8 Å². The molecule has 10 heteroatoms. The molecule has 2 fully saturated rings. The molecular formula is C18H27F2N5O2S. The van der Waals surface area contributed by atoms with Crippen LogP contribution in [0.2, 0.25) is 0 Å². The first-order valence-corrected chi connectivity index (χ1v) is 11.3. The molecule has 0 aromatic heterocycles. The Morgan fingerprint density at radius 1 is 1.25 bits per heavy atom. The van der Waals surface area contributed by atoms with Crippen LogP contribution in [0.25, 0.3) is 0 Å². The van der Waals surface area contributed by atoms with Crippen molar-refractivity contribution < 1.29 is 17.2 Å². The van der Waals surface area contributed by atoms with Crippen LogP contribution in [-0.4, -0.2) is 70.2 Å². The van der Waals surface area contributed by atoms with E-state index in [0.29, 0.717) is 38.6 Å². The summed E-state index contributed by atoms with van der Waals surface area (Å²) < 4.78 is 53.2. The second-order valence-corrected chi connectivity index (χ2v) is 9.20. The SMILES string of the molecule is CN=C(NC[C@H]1CCCN1S(C)(=O)=O)NC1CCN(c2c(F)cccc2F)C1. The Hall–Kier alpha value is -1.94. The predicted octanol–water partition coefficient (Wildman–Crippen LogP) is 1.13. The highest BCUT2D eigenvalue weighted by Crippen LogP contribution is 2.26. The number of rotatable bonds is 5. The lowest BCUT2D eigenvalue weighted by atomic mass is 10.2. The first-order valence-electron chi connectivity index (χ1n) is 9.42. The van der Waals surface area contributed by atoms with Gasteiger partial charge in [0.25, 0.3) is 0 Å². The van der Waals surface area contributed by atoms with Gasteiger partial charge < -0.3 is 15.5 Å². The van der Waals surface area contributed by atoms with Gasteiger partial charge in [0.05, 0.1) is 6.26 Å². The van der Waals surface area contributed by atoms with Crippen LogP contribution in [0.4, 0.5) is 14.5 Å². The first kappa shape index (κ1) is 20.8. The number of hydrogen-bond donors (Lipinski definition) is 2. The Balaban J connectivity index is 1.55. The van der Waals surface area contributed by atoms with Crippen LogP contribution in [0.3, 0.4) is 0 Å². The zero-order valence-corrected chi connectivity index (χ0v) is 17.0. The standard InChI is InChI=1S/C18H27F2N5O2S/c1-21-18(22-11-14-5-4-9-25(14)28(2,26)27)23-13-8-10-24(12-13)17-15(19)6-3-7-16(17)20/h3,6-7,13-14H,4-5,8-12H2,1-2H3,(H2,21,22,23)/t13?,14-/m1/s1. The number of sulfonamides is 1. The summed E-state index contributed by atoms with van der Waals surface area (Å²) >= 11 is 0. The highest BCUT2D eigenvalue weighted by Gasteiger charge is 2.32. The van der Waals surface area contributed by atoms with E-state index in [9.17, 15) is 17.2 Å². The molecule has 0 aliphatic carbocycles. The molecule has 1 aromatic rings. The topological polar surface area (TPSA) is 77.0 Å². The van der Waals surface area contributed by atoms with Crippen LogP contribution in [0.1, 0.15) is 19.3 Å². The summed E-state index contributed by atoms with van der Waals surface area (Å²) in [6, 6.07) is 3.76. The number of para-hydroxylation sites is 1. The second kappa shape index (κ2) is 8.60. The maximum Gasteiger partial charge on any atom is 0.211 e. The fourth-order valence-corrected chi connectivity index (χ4v) is 5.11. The third kappa shape index (κ3) is 4.72. The third-order valence-electron chi connectivity index (χ3n) is 5.26. The third-order valence-corrected chi connectivity index (χ3v) is 6.59. The van der Waals surface area contributed by atoms with E-state index in [1.54, 1.807) is 11.9 Å². The van der Waals surface area contributed by atoms with Crippen LogP contribution < -0.4 is 15.5 Å². The van der Waals surface area contributed by atoms with E-state index in [4.69, 9.17) is 0 Å². The van der Waals surface area contributed by atoms with E-state index in [1.165, 1.54) is 28.8 Å². The van der Waals surface area contributed by atoms with Crippen molar-refractivity contribution in [2.24, 2.45) is 4.99 Å². The monoisotopic (exact) mass is 415 g/mol. The van der Waals surface area contributed by atoms with E-state index < -0.39 is 21.7 Å². The van der Waals surface area contributed by atoms with Gasteiger partial charge in [-0.25, -0.2) is 17.2 Å². The quantitative estimate of drug-likeness (QED) is 0.557. The van der Waals surface area contributed by atoms with Gasteiger partial charge in [-0.05, 0) is 31.4 Å². The molecule has 2 aliphatic heterocycles. The van der Waals surface area contributed by atoms with Crippen molar-refractivity contribution in [3.8, 4) is 0 Å². The summed E-state index contributed by atoms with van der Waals surface area (Å²) in [6.45, 7) is 2.00. The molecule has 0 radical (unpaired) electrons. The Morgan fingerprint density at radius 3 is 2.61 bits per heavy atom. The molecule has 1 aromatic carbocycles. The van der Waals surface area contributed by atoms with Crippen molar-refractivity contribution in [1.82, 2.24) is 14.9 Å². The van der Waals surface area contributed by atoms with Crippen LogP contribution in [0.5, 0.6) is 0 Å². The molecule has 2 atom stereocenters. The van der Waals surface area contributed by atoms with Gasteiger partial charge in [0.2, 0.25) is 10.0 Å². The lowest BCUT2D eigenvalue weighted by molar-refractivity contribution is 0.387. The molecule has 2 aliphatic rings. The molecule has 2 saturated heterocycles. The number of benzene rings is 1. The summed E-state index contributed by atoms with van der Waals surface area (Å²) in [7, 11) is -1.58. The van der Waals surface area contributed by atoms with Gasteiger partial charge in [-0.15, -0.1) is 0 Å². The summed E-state index contributed by atoms with van der Waals surface area (Å²) in [5.74, 6) is -0.572. The maximum atomic E-state index is 14.0. The summed E-state index contributed by atoms with van der Waals surface area (Å²) in [4.78, 5) is 5.88. The van der Waals surface area contributed by atoms with Crippen molar-refractivity contribution in [2.75, 3.05) is 44.4 Å². The molecule has 2 heterocycles. The minimum atomic E-state index is -3.22. The fraction of sp³-hybridized carbons (Fsp3) is 0.611. The first-order chi connectivity index (χ1) is 13.3. The van der Waals surface area contributed by atoms with Gasteiger partial charge >= 0.3 is 0 Å². The van der Waals surface area contributed by atoms with Crippen molar-refractivity contribution in [3.63, 3.8) is 0 Å². The molecule has 2 N–H and O–H groups in total. The Bertz CT molecular complexity index is 813. The van der Waals surface area contributed by atoms with E-state index >= 15 is 0 Å². The molecule has 3 rings (SSSR count). The van der Waals surface area contributed by atoms with Crippen molar-refractivity contribution in [2.45, 2.75) is 31.3 Å². The summed E-state index contributed by atoms with van der Waals surface area (Å²) in [5.41, 5.74) is 0.00416. The number of nitrogens with zero attached hydrogens (tertiary/aromatic N) is 3. The highest BCUT2D eigenvalue weighted by molar-refractivity contribution is 7.88. The van der Waals surface area contributed by atoms with E-state index in [2.05, 4.69) is 15.6 Å². The Kier molecular flexibility index (Phi) is 6.39. The van der Waals surface area contributed by atoms with Gasteiger partial charge in [0, 0.05) is 45.3 Å². The van der Waals surface area contributed by atoms with Crippen LogP contribution in [0, 0.1) is 11.6 Å². The highest BCUT2D eigenvalue weighted by atomic mass is 32.2. The average molecular weight is 416 g/mol. The lowest BCUT2D eigenvalue weighted by Gasteiger charge is -2.24. The average Bonchev–Trinajstić information content (AvgIpc) is 3.27. The largest absolute Gasteiger partial charge is 0.365 e. The number of hydrogen-bond acceptors (Lipinski definition) is 4. The van der Waals surface area contributed by atoms with Gasteiger partial charge in [-0.3, -0.25) is 4.99 Å². The van der Waals surface area contributed by atoms with Gasteiger partial charge in [0.1, 0.15) is 17.3 Å². The predicted molar refractivity (Wildman–Crippen MR) is 106 cm³/mol. The number of guanidine groups is 1. The number of nitrogens with one attached hydrogen (secondary N) is 2. The van der Waals surface area contributed by atoms with Gasteiger partial charge in [0.15, 0.2) is 5.96 Å². The molecule has 0 amide bonds.